The first-order valence-corrected chi connectivity index (χ1v) is 8.62. The number of ketones is 1. The predicted molar refractivity (Wildman–Crippen MR) is 108 cm³/mol. The van der Waals surface area contributed by atoms with Gasteiger partial charge in [0.15, 0.2) is 10.9 Å². The molecule has 3 aromatic carbocycles. The zero-order valence-electron chi connectivity index (χ0n) is 14.3. The Morgan fingerprint density at radius 2 is 1.62 bits per heavy atom. The number of hydrogen-bond donors (Lipinski definition) is 2. The Bertz CT molecular complexity index is 975. The fraction of sp³-hybridized carbons (Fsp3) is 0.0952. The SMILES string of the molecule is CC(=O)c1ccc(NC(=S)NC(=O)Cc2cccc3ccccc23)cc1. The Morgan fingerprint density at radius 3 is 2.35 bits per heavy atom. The van der Waals surface area contributed by atoms with Crippen LogP contribution in [0.5, 0.6) is 0 Å². The summed E-state index contributed by atoms with van der Waals surface area (Å²) >= 11 is 5.20. The molecule has 0 radical (unpaired) electrons. The van der Waals surface area contributed by atoms with E-state index in [1.54, 1.807) is 24.3 Å². The van der Waals surface area contributed by atoms with Crippen molar-refractivity contribution in [1.82, 2.24) is 5.32 Å². The molecule has 4 nitrogen and oxygen atoms in total. The molecule has 130 valence electrons. The highest BCUT2D eigenvalue weighted by Crippen LogP contribution is 2.18. The highest BCUT2D eigenvalue weighted by atomic mass is 32.1. The molecule has 26 heavy (non-hydrogen) atoms. The zero-order valence-corrected chi connectivity index (χ0v) is 15.1. The van der Waals surface area contributed by atoms with E-state index in [4.69, 9.17) is 12.2 Å². The van der Waals surface area contributed by atoms with Crippen molar-refractivity contribution in [2.75, 3.05) is 5.32 Å². The minimum atomic E-state index is -0.181. The number of benzene rings is 3. The Morgan fingerprint density at radius 1 is 0.923 bits per heavy atom. The van der Waals surface area contributed by atoms with Gasteiger partial charge in [-0.2, -0.15) is 0 Å². The molecule has 3 rings (SSSR count). The van der Waals surface area contributed by atoms with Crippen molar-refractivity contribution >= 4 is 45.5 Å². The summed E-state index contributed by atoms with van der Waals surface area (Å²) in [4.78, 5) is 23.6. The van der Waals surface area contributed by atoms with Gasteiger partial charge in [0.2, 0.25) is 5.91 Å². The minimum absolute atomic E-state index is 0.00233. The predicted octanol–water partition coefficient (Wildman–Crippen LogP) is 4.10. The van der Waals surface area contributed by atoms with Crippen molar-refractivity contribution in [2.45, 2.75) is 13.3 Å². The lowest BCUT2D eigenvalue weighted by molar-refractivity contribution is -0.119. The summed E-state index contributed by atoms with van der Waals surface area (Å²) in [6, 6.07) is 20.8. The lowest BCUT2D eigenvalue weighted by atomic mass is 10.0. The van der Waals surface area contributed by atoms with Crippen LogP contribution < -0.4 is 10.6 Å². The third kappa shape index (κ3) is 4.32. The number of nitrogens with one attached hydrogen (secondary N) is 2. The molecular weight excluding hydrogens is 344 g/mol. The number of hydrogen-bond acceptors (Lipinski definition) is 3. The van der Waals surface area contributed by atoms with Crippen molar-refractivity contribution in [1.29, 1.82) is 0 Å². The number of fused-ring (bicyclic) bond motifs is 1. The third-order valence-electron chi connectivity index (χ3n) is 4.03. The molecule has 3 aromatic rings. The van der Waals surface area contributed by atoms with Gasteiger partial charge in [0.25, 0.3) is 0 Å². The van der Waals surface area contributed by atoms with Crippen LogP contribution in [0.25, 0.3) is 10.8 Å². The summed E-state index contributed by atoms with van der Waals surface area (Å²) < 4.78 is 0. The van der Waals surface area contributed by atoms with E-state index in [-0.39, 0.29) is 23.2 Å². The van der Waals surface area contributed by atoms with Crippen molar-refractivity contribution in [3.8, 4) is 0 Å². The molecule has 0 aliphatic carbocycles. The number of Topliss-reactive ketones (excluding diaryl/α,β-unsaturated/α-hetero) is 1. The van der Waals surface area contributed by atoms with Crippen LogP contribution in [0.3, 0.4) is 0 Å². The van der Waals surface area contributed by atoms with Crippen LogP contribution in [-0.4, -0.2) is 16.8 Å². The van der Waals surface area contributed by atoms with Gasteiger partial charge in [-0.1, -0.05) is 42.5 Å². The van der Waals surface area contributed by atoms with E-state index >= 15 is 0 Å². The lowest BCUT2D eigenvalue weighted by Crippen LogP contribution is -2.35. The van der Waals surface area contributed by atoms with Crippen LogP contribution in [0, 0.1) is 0 Å². The molecule has 1 amide bonds. The normalized spacial score (nSPS) is 10.3. The molecule has 0 bridgehead atoms. The monoisotopic (exact) mass is 362 g/mol. The van der Waals surface area contributed by atoms with E-state index in [0.717, 1.165) is 16.3 Å². The molecule has 0 heterocycles. The second kappa shape index (κ2) is 7.89. The Labute approximate surface area is 157 Å². The third-order valence-corrected chi connectivity index (χ3v) is 4.24. The smallest absolute Gasteiger partial charge is 0.230 e. The average Bonchev–Trinajstić information content (AvgIpc) is 2.62. The summed E-state index contributed by atoms with van der Waals surface area (Å²) in [6.07, 6.45) is 0.243. The first-order chi connectivity index (χ1) is 12.5. The van der Waals surface area contributed by atoms with Gasteiger partial charge >= 0.3 is 0 Å². The van der Waals surface area contributed by atoms with Gasteiger partial charge in [0, 0.05) is 11.3 Å². The molecule has 0 spiro atoms. The van der Waals surface area contributed by atoms with E-state index in [2.05, 4.69) is 10.6 Å². The van der Waals surface area contributed by atoms with Crippen LogP contribution >= 0.6 is 12.2 Å². The molecule has 0 fully saturated rings. The zero-order chi connectivity index (χ0) is 18.5. The van der Waals surface area contributed by atoms with Crippen molar-refractivity contribution in [3.63, 3.8) is 0 Å². The Hall–Kier alpha value is -3.05. The lowest BCUT2D eigenvalue weighted by Gasteiger charge is -2.11. The summed E-state index contributed by atoms with van der Waals surface area (Å²) in [5.41, 5.74) is 2.29. The summed E-state index contributed by atoms with van der Waals surface area (Å²) in [6.45, 7) is 1.51. The molecule has 0 atom stereocenters. The maximum absolute atomic E-state index is 12.3. The van der Waals surface area contributed by atoms with E-state index in [9.17, 15) is 9.59 Å². The van der Waals surface area contributed by atoms with E-state index in [1.165, 1.54) is 6.92 Å². The minimum Gasteiger partial charge on any atom is -0.332 e. The average molecular weight is 362 g/mol. The van der Waals surface area contributed by atoms with E-state index in [1.807, 2.05) is 42.5 Å². The largest absolute Gasteiger partial charge is 0.332 e. The van der Waals surface area contributed by atoms with Crippen LogP contribution in [-0.2, 0) is 11.2 Å². The second-order valence-corrected chi connectivity index (χ2v) is 6.36. The Balaban J connectivity index is 1.62. The number of rotatable bonds is 4. The van der Waals surface area contributed by atoms with Crippen molar-refractivity contribution in [3.05, 3.63) is 77.9 Å². The molecule has 0 saturated heterocycles. The number of carbonyl (C=O) groups excluding carboxylic acids is 2. The van der Waals surface area contributed by atoms with Gasteiger partial charge < -0.3 is 10.6 Å². The van der Waals surface area contributed by atoms with Crippen LogP contribution in [0.1, 0.15) is 22.8 Å². The summed E-state index contributed by atoms with van der Waals surface area (Å²) in [7, 11) is 0. The van der Waals surface area contributed by atoms with E-state index in [0.29, 0.717) is 11.3 Å². The fourth-order valence-corrected chi connectivity index (χ4v) is 2.97. The van der Waals surface area contributed by atoms with Crippen molar-refractivity contribution in [2.24, 2.45) is 0 Å². The molecule has 5 heteroatoms. The molecule has 0 unspecified atom stereocenters. The molecule has 0 aliphatic heterocycles. The Kier molecular flexibility index (Phi) is 5.39. The van der Waals surface area contributed by atoms with Crippen LogP contribution in [0.2, 0.25) is 0 Å². The van der Waals surface area contributed by atoms with Gasteiger partial charge in [-0.25, -0.2) is 0 Å². The fourth-order valence-electron chi connectivity index (χ4n) is 2.74. The summed E-state index contributed by atoms with van der Waals surface area (Å²) in [5, 5.41) is 8.03. The van der Waals surface area contributed by atoms with Crippen LogP contribution in [0.15, 0.2) is 66.7 Å². The highest BCUT2D eigenvalue weighted by molar-refractivity contribution is 7.80. The standard InChI is InChI=1S/C21H18N2O2S/c1-14(24)15-9-11-18(12-10-15)22-21(26)23-20(25)13-17-7-4-6-16-5-2-3-8-19(16)17/h2-12H,13H2,1H3,(H2,22,23,25,26). The first-order valence-electron chi connectivity index (χ1n) is 8.21. The molecule has 2 N–H and O–H groups in total. The highest BCUT2D eigenvalue weighted by Gasteiger charge is 2.09. The van der Waals surface area contributed by atoms with Gasteiger partial charge in [-0.05, 0) is 59.7 Å². The quantitative estimate of drug-likeness (QED) is 0.542. The molecular formula is C21H18N2O2S. The van der Waals surface area contributed by atoms with Gasteiger partial charge in [0.05, 0.1) is 6.42 Å². The first kappa shape index (κ1) is 17.8. The van der Waals surface area contributed by atoms with Crippen LogP contribution in [0.4, 0.5) is 5.69 Å². The van der Waals surface area contributed by atoms with Gasteiger partial charge in [0.1, 0.15) is 0 Å². The maximum atomic E-state index is 12.3. The maximum Gasteiger partial charge on any atom is 0.230 e. The molecule has 0 aromatic heterocycles. The topological polar surface area (TPSA) is 58.2 Å². The van der Waals surface area contributed by atoms with E-state index < -0.39 is 0 Å². The second-order valence-electron chi connectivity index (χ2n) is 5.95. The molecule has 0 aliphatic rings. The number of anilines is 1. The number of carbonyl (C=O) groups is 2. The van der Waals surface area contributed by atoms with Crippen molar-refractivity contribution < 1.29 is 9.59 Å². The molecule has 0 saturated carbocycles. The van der Waals surface area contributed by atoms with Gasteiger partial charge in [-0.3, -0.25) is 9.59 Å². The van der Waals surface area contributed by atoms with Gasteiger partial charge in [-0.15, -0.1) is 0 Å². The number of thiocarbonyl (C=S) groups is 1. The number of amides is 1. The summed E-state index contributed by atoms with van der Waals surface area (Å²) in [5.74, 6) is -0.179.